The Kier molecular flexibility index (Phi) is 4.28. The second-order valence-electron chi connectivity index (χ2n) is 5.40. The number of ketones is 1. The Morgan fingerprint density at radius 2 is 1.86 bits per heavy atom. The van der Waals surface area contributed by atoms with Crippen LogP contribution in [0.25, 0.3) is 0 Å². The number of pyridine rings is 1. The van der Waals surface area contributed by atoms with Crippen molar-refractivity contribution in [1.29, 1.82) is 0 Å². The highest BCUT2D eigenvalue weighted by Gasteiger charge is 2.15. The van der Waals surface area contributed by atoms with E-state index in [9.17, 15) is 9.59 Å². The van der Waals surface area contributed by atoms with Crippen LogP contribution in [0.15, 0.2) is 42.6 Å². The van der Waals surface area contributed by atoms with E-state index in [1.54, 1.807) is 18.2 Å². The molecule has 0 unspecified atom stereocenters. The Balaban J connectivity index is 1.64. The summed E-state index contributed by atoms with van der Waals surface area (Å²) in [6, 6.07) is 10.8. The van der Waals surface area contributed by atoms with Crippen LogP contribution in [0.4, 0.5) is 0 Å². The smallest absolute Gasteiger partial charge is 0.357 e. The Morgan fingerprint density at radius 3 is 2.64 bits per heavy atom. The normalized spacial score (nSPS) is 13.3. The molecule has 0 atom stereocenters. The van der Waals surface area contributed by atoms with Gasteiger partial charge in [-0.1, -0.05) is 18.2 Å². The summed E-state index contributed by atoms with van der Waals surface area (Å²) in [6.07, 6.45) is 5.99. The maximum absolute atomic E-state index is 12.2. The van der Waals surface area contributed by atoms with Gasteiger partial charge in [-0.2, -0.15) is 0 Å². The summed E-state index contributed by atoms with van der Waals surface area (Å²) in [6.45, 7) is -0.256. The van der Waals surface area contributed by atoms with Crippen LogP contribution in [0, 0.1) is 0 Å². The summed E-state index contributed by atoms with van der Waals surface area (Å²) < 4.78 is 5.04. The average molecular weight is 295 g/mol. The first-order chi connectivity index (χ1) is 10.7. The lowest BCUT2D eigenvalue weighted by Crippen LogP contribution is -2.16. The monoisotopic (exact) mass is 295 g/mol. The lowest BCUT2D eigenvalue weighted by molar-refractivity contribution is 0.0469. The summed E-state index contributed by atoms with van der Waals surface area (Å²) in [4.78, 5) is 27.8. The Hall–Kier alpha value is -2.49. The van der Waals surface area contributed by atoms with Crippen LogP contribution in [0.5, 0.6) is 0 Å². The van der Waals surface area contributed by atoms with Crippen molar-refractivity contribution in [2.75, 3.05) is 6.61 Å². The van der Waals surface area contributed by atoms with E-state index < -0.39 is 5.97 Å². The van der Waals surface area contributed by atoms with Gasteiger partial charge >= 0.3 is 5.97 Å². The summed E-state index contributed by atoms with van der Waals surface area (Å²) in [5.41, 5.74) is 3.39. The number of aromatic nitrogens is 1. The van der Waals surface area contributed by atoms with Gasteiger partial charge in [0.25, 0.3) is 0 Å². The maximum atomic E-state index is 12.2. The van der Waals surface area contributed by atoms with Gasteiger partial charge < -0.3 is 4.74 Å². The zero-order valence-corrected chi connectivity index (χ0v) is 12.2. The molecule has 0 amide bonds. The summed E-state index contributed by atoms with van der Waals surface area (Å²) in [7, 11) is 0. The molecule has 0 spiro atoms. The molecule has 0 bridgehead atoms. The van der Waals surface area contributed by atoms with Gasteiger partial charge in [0.1, 0.15) is 5.69 Å². The number of benzene rings is 1. The molecule has 1 aromatic carbocycles. The van der Waals surface area contributed by atoms with Crippen molar-refractivity contribution in [2.45, 2.75) is 25.7 Å². The van der Waals surface area contributed by atoms with Crippen LogP contribution in [0.1, 0.15) is 44.8 Å². The highest BCUT2D eigenvalue weighted by atomic mass is 16.5. The molecule has 3 rings (SSSR count). The third-order valence-electron chi connectivity index (χ3n) is 3.88. The molecule has 112 valence electrons. The number of nitrogens with zero attached hydrogens (tertiary/aromatic N) is 1. The van der Waals surface area contributed by atoms with Crippen molar-refractivity contribution in [3.63, 3.8) is 0 Å². The van der Waals surface area contributed by atoms with Crippen LogP contribution in [0.3, 0.4) is 0 Å². The third kappa shape index (κ3) is 3.22. The molecule has 22 heavy (non-hydrogen) atoms. The number of carbonyl (C=O) groups excluding carboxylic acids is 2. The van der Waals surface area contributed by atoms with Crippen molar-refractivity contribution < 1.29 is 14.3 Å². The molecule has 1 aliphatic rings. The van der Waals surface area contributed by atoms with E-state index in [1.807, 2.05) is 18.2 Å². The SMILES string of the molecule is O=C(COC(=O)c1ccccn1)c1ccc2c(c1)CCCC2. The van der Waals surface area contributed by atoms with E-state index >= 15 is 0 Å². The molecular formula is C18H17NO3. The Morgan fingerprint density at radius 1 is 1.05 bits per heavy atom. The van der Waals surface area contributed by atoms with Gasteiger partial charge in [0.15, 0.2) is 12.4 Å². The van der Waals surface area contributed by atoms with Crippen molar-refractivity contribution in [2.24, 2.45) is 0 Å². The topological polar surface area (TPSA) is 56.3 Å². The van der Waals surface area contributed by atoms with Gasteiger partial charge in [-0.05, 0) is 55.0 Å². The molecule has 1 aromatic heterocycles. The van der Waals surface area contributed by atoms with E-state index in [0.29, 0.717) is 5.56 Å². The van der Waals surface area contributed by atoms with Gasteiger partial charge in [0.05, 0.1) is 0 Å². The highest BCUT2D eigenvalue weighted by molar-refractivity contribution is 5.99. The molecule has 1 aliphatic carbocycles. The number of ether oxygens (including phenoxy) is 1. The van der Waals surface area contributed by atoms with Gasteiger partial charge in [-0.3, -0.25) is 4.79 Å². The van der Waals surface area contributed by atoms with Gasteiger partial charge in [-0.25, -0.2) is 9.78 Å². The number of carbonyl (C=O) groups is 2. The van der Waals surface area contributed by atoms with Gasteiger partial charge in [-0.15, -0.1) is 0 Å². The van der Waals surface area contributed by atoms with Crippen molar-refractivity contribution >= 4 is 11.8 Å². The lowest BCUT2D eigenvalue weighted by Gasteiger charge is -2.16. The zero-order chi connectivity index (χ0) is 15.4. The fourth-order valence-corrected chi connectivity index (χ4v) is 2.68. The minimum absolute atomic E-state index is 0.183. The van der Waals surface area contributed by atoms with E-state index in [2.05, 4.69) is 4.98 Å². The standard InChI is InChI=1S/C18H17NO3/c20-17(12-22-18(21)16-7-3-4-10-19-16)15-9-8-13-5-1-2-6-14(13)11-15/h3-4,7-11H,1-2,5-6,12H2. The molecule has 0 saturated carbocycles. The minimum Gasteiger partial charge on any atom is -0.453 e. The van der Waals surface area contributed by atoms with E-state index in [4.69, 9.17) is 4.74 Å². The second kappa shape index (κ2) is 6.52. The fourth-order valence-electron chi connectivity index (χ4n) is 2.68. The first kappa shape index (κ1) is 14.4. The molecule has 0 saturated heterocycles. The largest absolute Gasteiger partial charge is 0.453 e. The molecule has 4 nitrogen and oxygen atoms in total. The maximum Gasteiger partial charge on any atom is 0.357 e. The van der Waals surface area contributed by atoms with Crippen LogP contribution < -0.4 is 0 Å². The van der Waals surface area contributed by atoms with E-state index in [-0.39, 0.29) is 18.1 Å². The number of esters is 1. The predicted octanol–water partition coefficient (Wildman–Crippen LogP) is 3.00. The molecular weight excluding hydrogens is 278 g/mol. The summed E-state index contributed by atoms with van der Waals surface area (Å²) in [5, 5.41) is 0. The minimum atomic E-state index is -0.577. The number of fused-ring (bicyclic) bond motifs is 1. The Labute approximate surface area is 129 Å². The number of rotatable bonds is 4. The molecule has 2 aromatic rings. The van der Waals surface area contributed by atoms with Crippen molar-refractivity contribution in [3.8, 4) is 0 Å². The number of hydrogen-bond donors (Lipinski definition) is 0. The summed E-state index contributed by atoms with van der Waals surface area (Å²) in [5.74, 6) is -0.760. The quantitative estimate of drug-likeness (QED) is 0.642. The van der Waals surface area contributed by atoms with E-state index in [1.165, 1.54) is 30.2 Å². The third-order valence-corrected chi connectivity index (χ3v) is 3.88. The van der Waals surface area contributed by atoms with E-state index in [0.717, 1.165) is 12.8 Å². The molecule has 1 heterocycles. The first-order valence-corrected chi connectivity index (χ1v) is 7.47. The Bertz CT molecular complexity index is 695. The molecule has 0 fully saturated rings. The molecule has 0 aliphatic heterocycles. The average Bonchev–Trinajstić information content (AvgIpc) is 2.59. The van der Waals surface area contributed by atoms with Crippen LogP contribution >= 0.6 is 0 Å². The van der Waals surface area contributed by atoms with Crippen LogP contribution in [-0.2, 0) is 17.6 Å². The fraction of sp³-hybridized carbons (Fsp3) is 0.278. The first-order valence-electron chi connectivity index (χ1n) is 7.47. The number of Topliss-reactive ketones (excluding diaryl/α,β-unsaturated/α-hetero) is 1. The summed E-state index contributed by atoms with van der Waals surface area (Å²) >= 11 is 0. The van der Waals surface area contributed by atoms with Gasteiger partial charge in [0, 0.05) is 11.8 Å². The van der Waals surface area contributed by atoms with Crippen molar-refractivity contribution in [1.82, 2.24) is 4.98 Å². The predicted molar refractivity (Wildman–Crippen MR) is 81.9 cm³/mol. The second-order valence-corrected chi connectivity index (χ2v) is 5.40. The van der Waals surface area contributed by atoms with Gasteiger partial charge in [0.2, 0.25) is 0 Å². The van der Waals surface area contributed by atoms with Crippen molar-refractivity contribution in [3.05, 3.63) is 65.0 Å². The zero-order valence-electron chi connectivity index (χ0n) is 12.2. The van der Waals surface area contributed by atoms with Crippen LogP contribution in [-0.4, -0.2) is 23.3 Å². The highest BCUT2D eigenvalue weighted by Crippen LogP contribution is 2.22. The molecule has 0 radical (unpaired) electrons. The molecule has 4 heteroatoms. The van der Waals surface area contributed by atoms with Crippen LogP contribution in [0.2, 0.25) is 0 Å². The number of hydrogen-bond acceptors (Lipinski definition) is 4. The molecule has 0 N–H and O–H groups in total. The lowest BCUT2D eigenvalue weighted by atomic mass is 9.90. The number of aryl methyl sites for hydroxylation is 2.